The maximum Gasteiger partial charge on any atom is 0.356 e. The Kier molecular flexibility index (Phi) is 3.87. The molecule has 0 spiro atoms. The van der Waals surface area contributed by atoms with Crippen molar-refractivity contribution in [1.82, 2.24) is 14.8 Å². The molecule has 0 saturated carbocycles. The van der Waals surface area contributed by atoms with Crippen molar-refractivity contribution in [1.29, 1.82) is 0 Å². The van der Waals surface area contributed by atoms with E-state index < -0.39 is 5.97 Å². The van der Waals surface area contributed by atoms with Crippen LogP contribution in [-0.2, 0) is 11.3 Å². The largest absolute Gasteiger partial charge is 0.461 e. The van der Waals surface area contributed by atoms with Crippen LogP contribution in [0.3, 0.4) is 0 Å². The van der Waals surface area contributed by atoms with E-state index in [2.05, 4.69) is 17.0 Å². The first kappa shape index (κ1) is 14.3. The molecule has 0 saturated heterocycles. The Balaban J connectivity index is 2.06. The van der Waals surface area contributed by atoms with Gasteiger partial charge in [0.15, 0.2) is 0 Å². The summed E-state index contributed by atoms with van der Waals surface area (Å²) in [6, 6.07) is 9.83. The molecular weight excluding hydrogens is 278 g/mol. The van der Waals surface area contributed by atoms with E-state index in [1.54, 1.807) is 25.4 Å². The number of aromatic nitrogens is 3. The molecule has 0 amide bonds. The lowest BCUT2D eigenvalue weighted by Crippen LogP contribution is -2.06. The first-order valence-electron chi connectivity index (χ1n) is 7.32. The van der Waals surface area contributed by atoms with Gasteiger partial charge < -0.3 is 4.74 Å². The van der Waals surface area contributed by atoms with Gasteiger partial charge >= 0.3 is 5.97 Å². The lowest BCUT2D eigenvalue weighted by molar-refractivity contribution is 0.0519. The van der Waals surface area contributed by atoms with E-state index in [9.17, 15) is 4.79 Å². The molecule has 5 nitrogen and oxygen atoms in total. The molecule has 5 heteroatoms. The summed E-state index contributed by atoms with van der Waals surface area (Å²) in [7, 11) is 0. The van der Waals surface area contributed by atoms with Crippen LogP contribution in [0.1, 0.15) is 24.3 Å². The second-order valence-electron chi connectivity index (χ2n) is 4.88. The number of ether oxygens (including phenoxy) is 1. The molecule has 0 fully saturated rings. The summed E-state index contributed by atoms with van der Waals surface area (Å²) in [5.74, 6) is -0.395. The molecule has 0 radical (unpaired) electrons. The van der Waals surface area contributed by atoms with Crippen molar-refractivity contribution in [3.63, 3.8) is 0 Å². The third kappa shape index (κ3) is 2.57. The van der Waals surface area contributed by atoms with Crippen LogP contribution in [0.4, 0.5) is 0 Å². The highest BCUT2D eigenvalue weighted by Gasteiger charge is 2.10. The number of rotatable bonds is 4. The minimum absolute atomic E-state index is 0.329. The summed E-state index contributed by atoms with van der Waals surface area (Å²) in [4.78, 5) is 16.0. The van der Waals surface area contributed by atoms with Gasteiger partial charge in [-0.15, -0.1) is 0 Å². The second-order valence-corrected chi connectivity index (χ2v) is 4.88. The summed E-state index contributed by atoms with van der Waals surface area (Å²) in [6.07, 6.45) is 3.49. The number of hydrogen-bond donors (Lipinski definition) is 0. The second kappa shape index (κ2) is 5.97. The van der Waals surface area contributed by atoms with Crippen LogP contribution in [0.25, 0.3) is 22.0 Å². The van der Waals surface area contributed by atoms with Crippen LogP contribution < -0.4 is 0 Å². The van der Waals surface area contributed by atoms with Gasteiger partial charge in [-0.05, 0) is 37.4 Å². The van der Waals surface area contributed by atoms with Crippen LogP contribution in [0, 0.1) is 0 Å². The van der Waals surface area contributed by atoms with Gasteiger partial charge in [0.25, 0.3) is 0 Å². The van der Waals surface area contributed by atoms with Gasteiger partial charge in [0.1, 0.15) is 5.69 Å². The standard InChI is InChI=1S/C17H17N3O2/c1-3-20-16(7-8-19-20)12-5-6-13-11-18-15(10-14(13)9-12)17(21)22-4-2/h5-11H,3-4H2,1-2H3. The highest BCUT2D eigenvalue weighted by molar-refractivity contribution is 5.94. The van der Waals surface area contributed by atoms with Crippen LogP contribution in [0.5, 0.6) is 0 Å². The topological polar surface area (TPSA) is 57.0 Å². The highest BCUT2D eigenvalue weighted by Crippen LogP contribution is 2.24. The van der Waals surface area contributed by atoms with E-state index in [1.165, 1.54) is 0 Å². The van der Waals surface area contributed by atoms with Gasteiger partial charge in [-0.25, -0.2) is 9.78 Å². The molecule has 112 valence electrons. The van der Waals surface area contributed by atoms with Gasteiger partial charge in [0.05, 0.1) is 12.3 Å². The van der Waals surface area contributed by atoms with Gasteiger partial charge in [-0.1, -0.05) is 12.1 Å². The Labute approximate surface area is 128 Å². The fourth-order valence-corrected chi connectivity index (χ4v) is 2.45. The Morgan fingerprint density at radius 2 is 2.05 bits per heavy atom. The molecule has 0 bridgehead atoms. The molecule has 1 aromatic carbocycles. The maximum atomic E-state index is 11.8. The summed E-state index contributed by atoms with van der Waals surface area (Å²) in [5.41, 5.74) is 2.45. The van der Waals surface area contributed by atoms with Gasteiger partial charge in [0, 0.05) is 29.9 Å². The van der Waals surface area contributed by atoms with Crippen LogP contribution in [0.15, 0.2) is 42.7 Å². The van der Waals surface area contributed by atoms with Crippen molar-refractivity contribution in [2.45, 2.75) is 20.4 Å². The Morgan fingerprint density at radius 3 is 2.82 bits per heavy atom. The molecule has 0 aliphatic rings. The number of esters is 1. The lowest BCUT2D eigenvalue weighted by atomic mass is 10.1. The first-order valence-corrected chi connectivity index (χ1v) is 7.32. The Bertz CT molecular complexity index is 824. The zero-order chi connectivity index (χ0) is 15.5. The number of hydrogen-bond acceptors (Lipinski definition) is 4. The number of aryl methyl sites for hydroxylation is 1. The minimum Gasteiger partial charge on any atom is -0.461 e. The normalized spacial score (nSPS) is 10.8. The summed E-state index contributed by atoms with van der Waals surface area (Å²) in [6.45, 7) is 4.99. The smallest absolute Gasteiger partial charge is 0.356 e. The van der Waals surface area contributed by atoms with E-state index >= 15 is 0 Å². The molecular formula is C17H17N3O2. The van der Waals surface area contributed by atoms with Crippen molar-refractivity contribution in [3.8, 4) is 11.3 Å². The number of carbonyl (C=O) groups excluding carboxylic acids is 1. The maximum absolute atomic E-state index is 11.8. The number of benzene rings is 1. The highest BCUT2D eigenvalue weighted by atomic mass is 16.5. The predicted molar refractivity (Wildman–Crippen MR) is 84.6 cm³/mol. The van der Waals surface area contributed by atoms with Crippen molar-refractivity contribution in [2.75, 3.05) is 6.61 Å². The third-order valence-electron chi connectivity index (χ3n) is 3.52. The molecule has 3 rings (SSSR count). The van der Waals surface area contributed by atoms with E-state index in [-0.39, 0.29) is 0 Å². The number of pyridine rings is 1. The Morgan fingerprint density at radius 1 is 1.18 bits per heavy atom. The zero-order valence-corrected chi connectivity index (χ0v) is 12.6. The molecule has 0 unspecified atom stereocenters. The van der Waals surface area contributed by atoms with Gasteiger partial charge in [0.2, 0.25) is 0 Å². The van der Waals surface area contributed by atoms with Crippen LogP contribution >= 0.6 is 0 Å². The van der Waals surface area contributed by atoms with Crippen LogP contribution in [0.2, 0.25) is 0 Å². The fraction of sp³-hybridized carbons (Fsp3) is 0.235. The zero-order valence-electron chi connectivity index (χ0n) is 12.6. The van der Waals surface area contributed by atoms with E-state index in [0.717, 1.165) is 28.6 Å². The molecule has 0 aliphatic heterocycles. The van der Waals surface area contributed by atoms with Gasteiger partial charge in [-0.2, -0.15) is 5.10 Å². The molecule has 3 aromatic rings. The average Bonchev–Trinajstić information content (AvgIpc) is 3.02. The molecule has 0 N–H and O–H groups in total. The fourth-order valence-electron chi connectivity index (χ4n) is 2.45. The van der Waals surface area contributed by atoms with E-state index in [4.69, 9.17) is 4.74 Å². The van der Waals surface area contributed by atoms with Crippen LogP contribution in [-0.4, -0.2) is 27.3 Å². The van der Waals surface area contributed by atoms with Crippen molar-refractivity contribution >= 4 is 16.7 Å². The van der Waals surface area contributed by atoms with Gasteiger partial charge in [-0.3, -0.25) is 4.68 Å². The van der Waals surface area contributed by atoms with Crippen molar-refractivity contribution in [2.24, 2.45) is 0 Å². The summed E-state index contributed by atoms with van der Waals surface area (Å²) < 4.78 is 6.94. The first-order chi connectivity index (χ1) is 10.7. The average molecular weight is 295 g/mol. The van der Waals surface area contributed by atoms with Crippen molar-refractivity contribution < 1.29 is 9.53 Å². The number of fused-ring (bicyclic) bond motifs is 1. The molecule has 2 heterocycles. The van der Waals surface area contributed by atoms with E-state index in [1.807, 2.05) is 28.9 Å². The van der Waals surface area contributed by atoms with Crippen molar-refractivity contribution in [3.05, 3.63) is 48.4 Å². The minimum atomic E-state index is -0.395. The van der Waals surface area contributed by atoms with E-state index in [0.29, 0.717) is 12.3 Å². The quantitative estimate of drug-likeness (QED) is 0.693. The molecule has 2 aromatic heterocycles. The summed E-state index contributed by atoms with van der Waals surface area (Å²) >= 11 is 0. The molecule has 22 heavy (non-hydrogen) atoms. The predicted octanol–water partition coefficient (Wildman–Crippen LogP) is 3.29. The SMILES string of the molecule is CCOC(=O)c1cc2cc(-c3ccnn3CC)ccc2cn1. The number of carbonyl (C=O) groups is 1. The summed E-state index contributed by atoms with van der Waals surface area (Å²) in [5, 5.41) is 6.23. The molecule has 0 atom stereocenters. The number of nitrogens with zero attached hydrogens (tertiary/aromatic N) is 3. The monoisotopic (exact) mass is 295 g/mol. The Hall–Kier alpha value is -2.69. The third-order valence-corrected chi connectivity index (χ3v) is 3.52. The molecule has 0 aliphatic carbocycles. The lowest BCUT2D eigenvalue weighted by Gasteiger charge is -2.07.